The molecule has 0 radical (unpaired) electrons. The molecule has 1 aromatic heterocycles. The minimum atomic E-state index is 0. The Hall–Kier alpha value is -2.55. The van der Waals surface area contributed by atoms with Crippen molar-refractivity contribution in [3.63, 3.8) is 0 Å². The van der Waals surface area contributed by atoms with Crippen molar-refractivity contribution in [3.8, 4) is 5.75 Å². The van der Waals surface area contributed by atoms with Crippen LogP contribution in [0, 0.1) is 0 Å². The highest BCUT2D eigenvalue weighted by Gasteiger charge is 2.05. The zero-order valence-corrected chi connectivity index (χ0v) is 20.6. The van der Waals surface area contributed by atoms with Gasteiger partial charge in [-0.15, -0.1) is 24.0 Å². The number of rotatable bonds is 10. The van der Waals surface area contributed by atoms with Crippen molar-refractivity contribution in [3.05, 3.63) is 83.9 Å². The number of unbranched alkanes of at least 4 members (excludes halogenated alkanes) is 1. The quantitative estimate of drug-likeness (QED) is 0.177. The van der Waals surface area contributed by atoms with Crippen molar-refractivity contribution < 1.29 is 4.74 Å². The van der Waals surface area contributed by atoms with Crippen LogP contribution in [0.3, 0.4) is 0 Å². The molecule has 3 rings (SSSR count). The van der Waals surface area contributed by atoms with Gasteiger partial charge in [-0.1, -0.05) is 42.5 Å². The van der Waals surface area contributed by atoms with E-state index in [1.165, 1.54) is 11.1 Å². The molecule has 6 nitrogen and oxygen atoms in total. The second kappa shape index (κ2) is 13.7. The maximum absolute atomic E-state index is 5.20. The van der Waals surface area contributed by atoms with Crippen molar-refractivity contribution in [2.45, 2.75) is 32.4 Å². The lowest BCUT2D eigenvalue weighted by Gasteiger charge is -2.13. The summed E-state index contributed by atoms with van der Waals surface area (Å²) in [6.07, 6.45) is 7.12. The van der Waals surface area contributed by atoms with Crippen LogP contribution in [-0.2, 0) is 19.5 Å². The van der Waals surface area contributed by atoms with Gasteiger partial charge in [0, 0.05) is 32.5 Å². The number of nitrogens with zero attached hydrogens (tertiary/aromatic N) is 3. The molecule has 2 aromatic carbocycles. The van der Waals surface area contributed by atoms with Crippen LogP contribution in [0.1, 0.15) is 29.8 Å². The van der Waals surface area contributed by atoms with Gasteiger partial charge in [-0.3, -0.25) is 4.99 Å². The SMILES string of the molecule is CN=C(NCCCCc1ccc(OC)cc1)NCc1nccn1Cc1ccccc1.I. The molecule has 0 atom stereocenters. The fourth-order valence-electron chi connectivity index (χ4n) is 3.27. The van der Waals surface area contributed by atoms with Crippen molar-refractivity contribution in [2.75, 3.05) is 20.7 Å². The van der Waals surface area contributed by atoms with Crippen LogP contribution < -0.4 is 15.4 Å². The first-order valence-electron chi connectivity index (χ1n) is 10.4. The van der Waals surface area contributed by atoms with E-state index in [2.05, 4.69) is 61.6 Å². The van der Waals surface area contributed by atoms with Crippen LogP contribution in [0.4, 0.5) is 0 Å². The number of imidazole rings is 1. The summed E-state index contributed by atoms with van der Waals surface area (Å²) in [5, 5.41) is 6.75. The molecule has 0 unspecified atom stereocenters. The van der Waals surface area contributed by atoms with Crippen LogP contribution in [-0.4, -0.2) is 36.2 Å². The summed E-state index contributed by atoms with van der Waals surface area (Å²) in [6, 6.07) is 18.7. The number of ether oxygens (including phenoxy) is 1. The zero-order valence-electron chi connectivity index (χ0n) is 18.3. The molecule has 0 saturated carbocycles. The van der Waals surface area contributed by atoms with Gasteiger partial charge in [-0.25, -0.2) is 4.98 Å². The molecule has 0 saturated heterocycles. The lowest BCUT2D eigenvalue weighted by Crippen LogP contribution is -2.37. The Kier molecular flexibility index (Phi) is 10.9. The van der Waals surface area contributed by atoms with Gasteiger partial charge < -0.3 is 19.9 Å². The summed E-state index contributed by atoms with van der Waals surface area (Å²) in [6.45, 7) is 2.33. The van der Waals surface area contributed by atoms with E-state index in [0.717, 1.165) is 49.9 Å². The van der Waals surface area contributed by atoms with Gasteiger partial charge in [-0.2, -0.15) is 0 Å². The molecule has 2 N–H and O–H groups in total. The molecule has 0 amide bonds. The molecule has 0 aliphatic heterocycles. The maximum Gasteiger partial charge on any atom is 0.191 e. The Bertz CT molecular complexity index is 909. The molecule has 0 aliphatic rings. The first-order chi connectivity index (χ1) is 14.8. The van der Waals surface area contributed by atoms with Crippen LogP contribution in [0.2, 0.25) is 0 Å². The third-order valence-corrected chi connectivity index (χ3v) is 4.98. The molecular weight excluding hydrogens is 501 g/mol. The molecule has 0 aliphatic carbocycles. The third kappa shape index (κ3) is 8.24. The fraction of sp³-hybridized carbons (Fsp3) is 0.333. The molecule has 0 bridgehead atoms. The predicted octanol–water partition coefficient (Wildman–Crippen LogP) is 4.25. The number of guanidine groups is 1. The van der Waals surface area contributed by atoms with Gasteiger partial charge in [0.2, 0.25) is 0 Å². The zero-order chi connectivity index (χ0) is 21.0. The number of nitrogens with one attached hydrogen (secondary N) is 2. The highest BCUT2D eigenvalue weighted by atomic mass is 127. The summed E-state index contributed by atoms with van der Waals surface area (Å²) in [5.74, 6) is 2.69. The Morgan fingerprint density at radius 2 is 1.77 bits per heavy atom. The average molecular weight is 533 g/mol. The largest absolute Gasteiger partial charge is 0.497 e. The van der Waals surface area contributed by atoms with Crippen LogP contribution in [0.25, 0.3) is 0 Å². The molecule has 31 heavy (non-hydrogen) atoms. The second-order valence-electron chi connectivity index (χ2n) is 7.11. The van der Waals surface area contributed by atoms with E-state index in [1.807, 2.05) is 30.6 Å². The second-order valence-corrected chi connectivity index (χ2v) is 7.11. The first-order valence-corrected chi connectivity index (χ1v) is 10.4. The smallest absolute Gasteiger partial charge is 0.191 e. The molecule has 166 valence electrons. The van der Waals surface area contributed by atoms with E-state index in [1.54, 1.807) is 14.2 Å². The average Bonchev–Trinajstić information content (AvgIpc) is 3.23. The summed E-state index contributed by atoms with van der Waals surface area (Å²) < 4.78 is 7.36. The van der Waals surface area contributed by atoms with Crippen molar-refractivity contribution in [1.29, 1.82) is 0 Å². The minimum absolute atomic E-state index is 0. The number of hydrogen-bond acceptors (Lipinski definition) is 3. The van der Waals surface area contributed by atoms with E-state index >= 15 is 0 Å². The van der Waals surface area contributed by atoms with E-state index in [-0.39, 0.29) is 24.0 Å². The van der Waals surface area contributed by atoms with Crippen molar-refractivity contribution in [2.24, 2.45) is 4.99 Å². The number of aliphatic imine (C=N–C) groups is 1. The highest BCUT2D eigenvalue weighted by Crippen LogP contribution is 2.13. The Morgan fingerprint density at radius 3 is 2.48 bits per heavy atom. The predicted molar refractivity (Wildman–Crippen MR) is 137 cm³/mol. The third-order valence-electron chi connectivity index (χ3n) is 4.98. The Balaban J connectivity index is 0.00000341. The molecule has 3 aromatic rings. The Morgan fingerprint density at radius 1 is 1.00 bits per heavy atom. The number of aryl methyl sites for hydroxylation is 1. The monoisotopic (exact) mass is 533 g/mol. The number of halogens is 1. The number of benzene rings is 2. The normalized spacial score (nSPS) is 11.0. The maximum atomic E-state index is 5.20. The minimum Gasteiger partial charge on any atom is -0.497 e. The fourth-order valence-corrected chi connectivity index (χ4v) is 3.27. The van der Waals surface area contributed by atoms with Gasteiger partial charge in [0.15, 0.2) is 5.96 Å². The van der Waals surface area contributed by atoms with Crippen molar-refractivity contribution in [1.82, 2.24) is 20.2 Å². The summed E-state index contributed by atoms with van der Waals surface area (Å²) in [4.78, 5) is 8.80. The van der Waals surface area contributed by atoms with Gasteiger partial charge in [0.25, 0.3) is 0 Å². The molecule has 0 fully saturated rings. The van der Waals surface area contributed by atoms with E-state index in [9.17, 15) is 0 Å². The van der Waals surface area contributed by atoms with Crippen LogP contribution >= 0.6 is 24.0 Å². The Labute approximate surface area is 202 Å². The molecular formula is C24H32IN5O. The lowest BCUT2D eigenvalue weighted by atomic mass is 10.1. The topological polar surface area (TPSA) is 63.5 Å². The van der Waals surface area contributed by atoms with Gasteiger partial charge >= 0.3 is 0 Å². The van der Waals surface area contributed by atoms with Crippen LogP contribution in [0.15, 0.2) is 72.0 Å². The summed E-state index contributed by atoms with van der Waals surface area (Å²) in [7, 11) is 3.49. The van der Waals surface area contributed by atoms with Gasteiger partial charge in [-0.05, 0) is 42.5 Å². The van der Waals surface area contributed by atoms with Crippen LogP contribution in [0.5, 0.6) is 5.75 Å². The molecule has 0 spiro atoms. The number of hydrogen-bond donors (Lipinski definition) is 2. The lowest BCUT2D eigenvalue weighted by molar-refractivity contribution is 0.414. The molecule has 1 heterocycles. The van der Waals surface area contributed by atoms with E-state index < -0.39 is 0 Å². The molecule has 7 heteroatoms. The van der Waals surface area contributed by atoms with Crippen molar-refractivity contribution >= 4 is 29.9 Å². The summed E-state index contributed by atoms with van der Waals surface area (Å²) >= 11 is 0. The number of methoxy groups -OCH3 is 1. The van der Waals surface area contributed by atoms with E-state index in [0.29, 0.717) is 6.54 Å². The van der Waals surface area contributed by atoms with Gasteiger partial charge in [0.05, 0.1) is 13.7 Å². The standard InChI is InChI=1S/C24H31N5O.HI/c1-25-24(27-15-7-6-8-20-11-13-22(30-2)14-12-20)28-18-23-26-16-17-29(23)19-21-9-4-3-5-10-21;/h3-5,9-14,16-17H,6-8,15,18-19H2,1-2H3,(H2,25,27,28);1H. The first kappa shape index (κ1) is 24.7. The van der Waals surface area contributed by atoms with E-state index in [4.69, 9.17) is 4.74 Å². The van der Waals surface area contributed by atoms with Gasteiger partial charge in [0.1, 0.15) is 11.6 Å². The number of aromatic nitrogens is 2. The highest BCUT2D eigenvalue weighted by molar-refractivity contribution is 14.0. The summed E-state index contributed by atoms with van der Waals surface area (Å²) in [5.41, 5.74) is 2.60.